The molecule has 2 aromatic heterocycles. The summed E-state index contributed by atoms with van der Waals surface area (Å²) in [5.41, 5.74) is 2.65. The number of carbonyl (C=O) groups excluding carboxylic acids is 1. The molecule has 0 amide bonds. The molecule has 6 heteroatoms. The van der Waals surface area contributed by atoms with E-state index in [1.165, 1.54) is 0 Å². The quantitative estimate of drug-likeness (QED) is 0.352. The van der Waals surface area contributed by atoms with Crippen molar-refractivity contribution in [2.75, 3.05) is 0 Å². The molecule has 0 fully saturated rings. The smallest absolute Gasteiger partial charge is 0.347 e. The second-order valence-electron chi connectivity index (χ2n) is 7.38. The zero-order chi connectivity index (χ0) is 21.4. The van der Waals surface area contributed by atoms with Crippen molar-refractivity contribution in [3.8, 4) is 0 Å². The van der Waals surface area contributed by atoms with Crippen LogP contribution in [0.4, 0.5) is 0 Å². The highest BCUT2D eigenvalue weighted by atomic mass is 16.4. The van der Waals surface area contributed by atoms with Gasteiger partial charge < -0.3 is 13.6 Å². The van der Waals surface area contributed by atoms with E-state index >= 15 is 0 Å². The van der Waals surface area contributed by atoms with Crippen molar-refractivity contribution in [2.24, 2.45) is 0 Å². The third-order valence-corrected chi connectivity index (χ3v) is 5.40. The van der Waals surface area contributed by atoms with Crippen molar-refractivity contribution in [3.05, 3.63) is 112 Å². The van der Waals surface area contributed by atoms with Crippen molar-refractivity contribution in [2.45, 2.75) is 13.1 Å². The molecule has 3 aromatic carbocycles. The monoisotopic (exact) mass is 409 g/mol. The number of nitrogens with zero attached hydrogens (tertiary/aromatic N) is 2. The van der Waals surface area contributed by atoms with E-state index in [1.807, 2.05) is 65.2 Å². The number of hydrogen-bond acceptors (Lipinski definition) is 4. The second kappa shape index (κ2) is 7.57. The molecule has 0 atom stereocenters. The number of imidazole rings is 1. The van der Waals surface area contributed by atoms with Crippen LogP contribution in [-0.4, -0.2) is 14.9 Å². The van der Waals surface area contributed by atoms with Gasteiger partial charge in [0.25, 0.3) is 0 Å². The molecule has 152 valence electrons. The van der Waals surface area contributed by atoms with Gasteiger partial charge >= 0.3 is 5.63 Å². The van der Waals surface area contributed by atoms with Crippen LogP contribution in [0.5, 0.6) is 0 Å². The maximum atomic E-state index is 13.1. The number of Topliss-reactive ketones (excluding diaryl/α,β-unsaturated/α-hetero) is 1. The Balaban J connectivity index is 1.57. The number of carbonyl (C=O) groups is 1. The van der Waals surface area contributed by atoms with E-state index in [0.29, 0.717) is 17.5 Å². The Labute approximate surface area is 177 Å². The molecule has 0 aliphatic rings. The third-order valence-electron chi connectivity index (χ3n) is 5.40. The van der Waals surface area contributed by atoms with Gasteiger partial charge in [-0.3, -0.25) is 10.2 Å². The normalized spacial score (nSPS) is 11.2. The van der Waals surface area contributed by atoms with Crippen molar-refractivity contribution >= 4 is 27.8 Å². The fourth-order valence-electron chi connectivity index (χ4n) is 3.87. The molecule has 6 nitrogen and oxygen atoms in total. The molecule has 0 radical (unpaired) electrons. The second-order valence-corrected chi connectivity index (χ2v) is 7.38. The minimum Gasteiger partial charge on any atom is -0.422 e. The van der Waals surface area contributed by atoms with Crippen LogP contribution in [0.3, 0.4) is 0 Å². The standard InChI is InChI=1S/C25H19N3O3/c26-25-27(15-17-8-2-1-3-9-17)20-11-5-6-12-21(20)28(25)16-22(29)19-14-18-10-4-7-13-23(18)31-24(19)30/h1-14,26H,15-16H2. The van der Waals surface area contributed by atoms with Crippen LogP contribution in [0.2, 0.25) is 0 Å². The lowest BCUT2D eigenvalue weighted by molar-refractivity contribution is 0.0968. The van der Waals surface area contributed by atoms with E-state index in [1.54, 1.807) is 28.8 Å². The summed E-state index contributed by atoms with van der Waals surface area (Å²) >= 11 is 0. The molecule has 5 rings (SSSR count). The molecule has 0 bridgehead atoms. The molecule has 0 aliphatic carbocycles. The summed E-state index contributed by atoms with van der Waals surface area (Å²) in [6, 6.07) is 26.1. The molecule has 5 aromatic rings. The van der Waals surface area contributed by atoms with E-state index in [4.69, 9.17) is 9.83 Å². The van der Waals surface area contributed by atoms with Gasteiger partial charge in [0.2, 0.25) is 5.62 Å². The lowest BCUT2D eigenvalue weighted by Crippen LogP contribution is -2.29. The Kier molecular flexibility index (Phi) is 4.59. The van der Waals surface area contributed by atoms with Crippen molar-refractivity contribution < 1.29 is 9.21 Å². The van der Waals surface area contributed by atoms with E-state index < -0.39 is 5.63 Å². The minimum atomic E-state index is -0.663. The van der Waals surface area contributed by atoms with Gasteiger partial charge in [-0.25, -0.2) is 4.79 Å². The fourth-order valence-corrected chi connectivity index (χ4v) is 3.87. The van der Waals surface area contributed by atoms with Gasteiger partial charge in [0.05, 0.1) is 24.1 Å². The summed E-state index contributed by atoms with van der Waals surface area (Å²) in [6.45, 7) is 0.393. The molecule has 0 spiro atoms. The Morgan fingerprint density at radius 2 is 1.48 bits per heavy atom. The summed E-state index contributed by atoms with van der Waals surface area (Å²) in [4.78, 5) is 25.5. The number of benzene rings is 3. The molecule has 0 saturated heterocycles. The number of para-hydroxylation sites is 3. The zero-order valence-corrected chi connectivity index (χ0v) is 16.6. The summed E-state index contributed by atoms with van der Waals surface area (Å²) in [7, 11) is 0. The van der Waals surface area contributed by atoms with Gasteiger partial charge in [0.1, 0.15) is 11.1 Å². The Morgan fingerprint density at radius 3 is 2.26 bits per heavy atom. The van der Waals surface area contributed by atoms with Crippen LogP contribution >= 0.6 is 0 Å². The van der Waals surface area contributed by atoms with Crippen LogP contribution in [-0.2, 0) is 13.1 Å². The van der Waals surface area contributed by atoms with Crippen LogP contribution < -0.4 is 11.2 Å². The molecule has 0 unspecified atom stereocenters. The van der Waals surface area contributed by atoms with Gasteiger partial charge in [-0.05, 0) is 29.8 Å². The number of nitrogens with one attached hydrogen (secondary N) is 1. The molecule has 1 N–H and O–H groups in total. The van der Waals surface area contributed by atoms with Gasteiger partial charge in [-0.1, -0.05) is 60.7 Å². The maximum Gasteiger partial charge on any atom is 0.347 e. The number of rotatable bonds is 5. The topological polar surface area (TPSA) is 81.0 Å². The van der Waals surface area contributed by atoms with Crippen molar-refractivity contribution in [1.29, 1.82) is 5.41 Å². The van der Waals surface area contributed by atoms with Gasteiger partial charge in [0.15, 0.2) is 5.78 Å². The van der Waals surface area contributed by atoms with E-state index in [0.717, 1.165) is 16.6 Å². The summed E-state index contributed by atoms with van der Waals surface area (Å²) in [5, 5.41) is 9.43. The lowest BCUT2D eigenvalue weighted by atomic mass is 10.1. The molecule has 2 heterocycles. The predicted octanol–water partition coefficient (Wildman–Crippen LogP) is 3.96. The number of fused-ring (bicyclic) bond motifs is 2. The SMILES string of the molecule is N=c1n(CC(=O)c2cc3ccccc3oc2=O)c2ccccc2n1Cc1ccccc1. The molecule has 0 aliphatic heterocycles. The highest BCUT2D eigenvalue weighted by Gasteiger charge is 2.18. The van der Waals surface area contributed by atoms with Crippen LogP contribution in [0, 0.1) is 5.41 Å². The Morgan fingerprint density at radius 1 is 0.839 bits per heavy atom. The molecule has 31 heavy (non-hydrogen) atoms. The summed E-state index contributed by atoms with van der Waals surface area (Å²) in [6.07, 6.45) is 0. The first kappa shape index (κ1) is 18.8. The number of ketones is 1. The largest absolute Gasteiger partial charge is 0.422 e. The molecular formula is C25H19N3O3. The average Bonchev–Trinajstić information content (AvgIpc) is 3.05. The van der Waals surface area contributed by atoms with E-state index in [2.05, 4.69) is 0 Å². The van der Waals surface area contributed by atoms with Crippen molar-refractivity contribution in [3.63, 3.8) is 0 Å². The van der Waals surface area contributed by atoms with E-state index in [9.17, 15) is 9.59 Å². The highest BCUT2D eigenvalue weighted by molar-refractivity contribution is 5.98. The van der Waals surface area contributed by atoms with E-state index in [-0.39, 0.29) is 23.5 Å². The summed E-state index contributed by atoms with van der Waals surface area (Å²) in [5.74, 6) is -0.388. The Bertz CT molecular complexity index is 1540. The first-order chi connectivity index (χ1) is 15.1. The van der Waals surface area contributed by atoms with Gasteiger partial charge in [-0.2, -0.15) is 0 Å². The van der Waals surface area contributed by atoms with Crippen LogP contribution in [0.25, 0.3) is 22.0 Å². The molecule has 0 saturated carbocycles. The zero-order valence-electron chi connectivity index (χ0n) is 16.6. The molecular weight excluding hydrogens is 390 g/mol. The predicted molar refractivity (Wildman–Crippen MR) is 118 cm³/mol. The first-order valence-corrected chi connectivity index (χ1v) is 9.94. The van der Waals surface area contributed by atoms with Gasteiger partial charge in [0, 0.05) is 5.39 Å². The average molecular weight is 409 g/mol. The van der Waals surface area contributed by atoms with Crippen LogP contribution in [0.15, 0.2) is 94.1 Å². The minimum absolute atomic E-state index is 0.00881. The summed E-state index contributed by atoms with van der Waals surface area (Å²) < 4.78 is 8.81. The van der Waals surface area contributed by atoms with Crippen LogP contribution in [0.1, 0.15) is 15.9 Å². The maximum absolute atomic E-state index is 13.1. The lowest BCUT2D eigenvalue weighted by Gasteiger charge is -2.05. The number of aromatic nitrogens is 2. The van der Waals surface area contributed by atoms with Crippen molar-refractivity contribution in [1.82, 2.24) is 9.13 Å². The Hall–Kier alpha value is -4.19. The fraction of sp³-hybridized carbons (Fsp3) is 0.0800. The third kappa shape index (κ3) is 3.38. The number of hydrogen-bond donors (Lipinski definition) is 1. The van der Waals surface area contributed by atoms with Gasteiger partial charge in [-0.15, -0.1) is 0 Å². The first-order valence-electron chi connectivity index (χ1n) is 9.94. The highest BCUT2D eigenvalue weighted by Crippen LogP contribution is 2.17.